The second-order valence-electron chi connectivity index (χ2n) is 5.41. The van der Waals surface area contributed by atoms with Crippen molar-refractivity contribution >= 4 is 0 Å². The summed E-state index contributed by atoms with van der Waals surface area (Å²) in [5.74, 6) is 0. The van der Waals surface area contributed by atoms with Gasteiger partial charge < -0.3 is 10.4 Å². The van der Waals surface area contributed by atoms with Gasteiger partial charge in [0.2, 0.25) is 0 Å². The Kier molecular flexibility index (Phi) is 10.0. The van der Waals surface area contributed by atoms with Gasteiger partial charge in [0.15, 0.2) is 0 Å². The predicted octanol–water partition coefficient (Wildman–Crippen LogP) is 3.49. The average Bonchev–Trinajstić information content (AvgIpc) is 2.22. The second-order valence-corrected chi connectivity index (χ2v) is 5.41. The van der Waals surface area contributed by atoms with Gasteiger partial charge in [0.05, 0.1) is 0 Å². The van der Waals surface area contributed by atoms with E-state index in [2.05, 4.69) is 26.1 Å². The van der Waals surface area contributed by atoms with Crippen molar-refractivity contribution in [2.45, 2.75) is 77.7 Å². The predicted molar refractivity (Wildman–Crippen MR) is 71.8 cm³/mol. The van der Waals surface area contributed by atoms with Crippen LogP contribution in [0.1, 0.15) is 72.1 Å². The van der Waals surface area contributed by atoms with Gasteiger partial charge in [-0.3, -0.25) is 0 Å². The maximum Gasteiger partial charge on any atom is 0.0448 e. The van der Waals surface area contributed by atoms with Gasteiger partial charge in [0.1, 0.15) is 0 Å². The number of nitrogens with one attached hydrogen (secondary N) is 1. The number of aliphatic hydroxyl groups excluding tert-OH is 1. The van der Waals surface area contributed by atoms with E-state index in [9.17, 15) is 0 Å². The summed E-state index contributed by atoms with van der Waals surface area (Å²) < 4.78 is 0. The number of aliphatic hydroxyl groups is 1. The summed E-state index contributed by atoms with van der Waals surface area (Å²) in [4.78, 5) is 0. The van der Waals surface area contributed by atoms with E-state index in [1.165, 1.54) is 44.9 Å². The Labute approximate surface area is 102 Å². The van der Waals surface area contributed by atoms with Crippen LogP contribution in [-0.2, 0) is 0 Å². The average molecular weight is 229 g/mol. The monoisotopic (exact) mass is 229 g/mol. The van der Waals surface area contributed by atoms with E-state index in [1.54, 1.807) is 0 Å². The molecule has 2 heteroatoms. The lowest BCUT2D eigenvalue weighted by Crippen LogP contribution is -2.40. The molecule has 0 saturated carbocycles. The molecule has 0 heterocycles. The van der Waals surface area contributed by atoms with Gasteiger partial charge in [0.25, 0.3) is 0 Å². The molecule has 0 spiro atoms. The highest BCUT2D eigenvalue weighted by Gasteiger charge is 2.14. The molecule has 0 bridgehead atoms. The minimum absolute atomic E-state index is 0.0942. The number of hydrogen-bond donors (Lipinski definition) is 2. The van der Waals surface area contributed by atoms with Crippen molar-refractivity contribution in [3.63, 3.8) is 0 Å². The smallest absolute Gasteiger partial charge is 0.0448 e. The van der Waals surface area contributed by atoms with Gasteiger partial charge >= 0.3 is 0 Å². The molecule has 0 aliphatic carbocycles. The molecule has 16 heavy (non-hydrogen) atoms. The molecule has 0 aromatic rings. The third-order valence-corrected chi connectivity index (χ3v) is 3.12. The highest BCUT2D eigenvalue weighted by atomic mass is 16.3. The molecule has 0 aliphatic heterocycles. The van der Waals surface area contributed by atoms with Crippen LogP contribution in [-0.4, -0.2) is 23.8 Å². The van der Waals surface area contributed by atoms with Crippen LogP contribution in [0.2, 0.25) is 0 Å². The highest BCUT2D eigenvalue weighted by molar-refractivity contribution is 4.76. The molecule has 0 rings (SSSR count). The van der Waals surface area contributed by atoms with Gasteiger partial charge in [-0.1, -0.05) is 45.4 Å². The van der Waals surface area contributed by atoms with Gasteiger partial charge in [-0.15, -0.1) is 0 Å². The number of rotatable bonds is 11. The van der Waals surface area contributed by atoms with Crippen molar-refractivity contribution in [1.82, 2.24) is 5.32 Å². The van der Waals surface area contributed by atoms with Gasteiger partial charge in [0, 0.05) is 12.1 Å². The first-order valence-electron chi connectivity index (χ1n) is 6.98. The van der Waals surface area contributed by atoms with Gasteiger partial charge in [-0.05, 0) is 33.2 Å². The maximum atomic E-state index is 8.89. The van der Waals surface area contributed by atoms with E-state index in [1.807, 2.05) is 0 Å². The van der Waals surface area contributed by atoms with Crippen LogP contribution in [0.25, 0.3) is 0 Å². The van der Waals surface area contributed by atoms with Crippen molar-refractivity contribution in [3.05, 3.63) is 0 Å². The first kappa shape index (κ1) is 15.9. The Hall–Kier alpha value is -0.0800. The van der Waals surface area contributed by atoms with E-state index in [0.29, 0.717) is 0 Å². The van der Waals surface area contributed by atoms with Gasteiger partial charge in [-0.2, -0.15) is 0 Å². The molecule has 0 fully saturated rings. The molecule has 0 radical (unpaired) electrons. The fourth-order valence-corrected chi connectivity index (χ4v) is 1.88. The molecule has 2 nitrogen and oxygen atoms in total. The van der Waals surface area contributed by atoms with E-state index in [-0.39, 0.29) is 12.1 Å². The third-order valence-electron chi connectivity index (χ3n) is 3.12. The first-order chi connectivity index (χ1) is 7.62. The molecular weight excluding hydrogens is 198 g/mol. The Bertz CT molecular complexity index is 146. The zero-order chi connectivity index (χ0) is 12.3. The number of hydrogen-bond acceptors (Lipinski definition) is 2. The largest absolute Gasteiger partial charge is 0.396 e. The van der Waals surface area contributed by atoms with Crippen molar-refractivity contribution in [2.24, 2.45) is 0 Å². The Balaban J connectivity index is 3.20. The second kappa shape index (κ2) is 10.1. The summed E-state index contributed by atoms with van der Waals surface area (Å²) in [7, 11) is 0. The number of unbranched alkanes of at least 4 members (excludes halogenated alkanes) is 6. The van der Waals surface area contributed by atoms with Crippen LogP contribution in [0.4, 0.5) is 0 Å². The zero-order valence-corrected chi connectivity index (χ0v) is 11.5. The van der Waals surface area contributed by atoms with Crippen molar-refractivity contribution < 1.29 is 5.11 Å². The Morgan fingerprint density at radius 3 is 2.06 bits per heavy atom. The fourth-order valence-electron chi connectivity index (χ4n) is 1.88. The molecular formula is C14H31NO. The summed E-state index contributed by atoms with van der Waals surface area (Å²) in [6, 6.07) is 0. The van der Waals surface area contributed by atoms with Crippen LogP contribution in [0.3, 0.4) is 0 Å². The minimum Gasteiger partial charge on any atom is -0.396 e. The van der Waals surface area contributed by atoms with Crippen molar-refractivity contribution in [3.8, 4) is 0 Å². The lowest BCUT2D eigenvalue weighted by molar-refractivity contribution is 0.230. The van der Waals surface area contributed by atoms with Gasteiger partial charge in [-0.25, -0.2) is 0 Å². The van der Waals surface area contributed by atoms with Crippen molar-refractivity contribution in [1.29, 1.82) is 0 Å². The topological polar surface area (TPSA) is 32.3 Å². The molecule has 2 N–H and O–H groups in total. The summed E-state index contributed by atoms with van der Waals surface area (Å²) >= 11 is 0. The van der Waals surface area contributed by atoms with E-state index in [0.717, 1.165) is 13.0 Å². The van der Waals surface area contributed by atoms with Crippen LogP contribution >= 0.6 is 0 Å². The molecule has 0 atom stereocenters. The zero-order valence-electron chi connectivity index (χ0n) is 11.5. The molecule has 0 aliphatic rings. The molecule has 0 amide bonds. The normalized spacial score (nSPS) is 12.0. The van der Waals surface area contributed by atoms with E-state index < -0.39 is 0 Å². The van der Waals surface area contributed by atoms with Crippen LogP contribution in [0, 0.1) is 0 Å². The lowest BCUT2D eigenvalue weighted by Gasteiger charge is -2.25. The van der Waals surface area contributed by atoms with Crippen LogP contribution in [0.15, 0.2) is 0 Å². The van der Waals surface area contributed by atoms with Crippen LogP contribution in [0.5, 0.6) is 0 Å². The maximum absolute atomic E-state index is 8.89. The summed E-state index contributed by atoms with van der Waals surface area (Å²) in [6.07, 6.45) is 10.3. The molecule has 0 unspecified atom stereocenters. The highest BCUT2D eigenvalue weighted by Crippen LogP contribution is 2.09. The fraction of sp³-hybridized carbons (Fsp3) is 1.00. The lowest BCUT2D eigenvalue weighted by atomic mass is 10.0. The Morgan fingerprint density at radius 1 is 0.938 bits per heavy atom. The Morgan fingerprint density at radius 2 is 1.50 bits per heavy atom. The summed E-state index contributed by atoms with van der Waals surface area (Å²) in [6.45, 7) is 7.93. The standard InChI is InChI=1S/C14H31NO/c1-4-5-6-7-8-9-10-12-15-14(2,3)11-13-16/h15-16H,4-13H2,1-3H3. The summed E-state index contributed by atoms with van der Waals surface area (Å²) in [5, 5.41) is 12.4. The molecule has 98 valence electrons. The SMILES string of the molecule is CCCCCCCCCNC(C)(C)CCO. The molecule has 0 aromatic carbocycles. The molecule has 0 saturated heterocycles. The molecule has 0 aromatic heterocycles. The van der Waals surface area contributed by atoms with Crippen LogP contribution < -0.4 is 5.32 Å². The third kappa shape index (κ3) is 10.4. The van der Waals surface area contributed by atoms with Crippen molar-refractivity contribution in [2.75, 3.05) is 13.2 Å². The first-order valence-corrected chi connectivity index (χ1v) is 6.98. The van der Waals surface area contributed by atoms with E-state index in [4.69, 9.17) is 5.11 Å². The summed E-state index contributed by atoms with van der Waals surface area (Å²) in [5.41, 5.74) is 0.0942. The quantitative estimate of drug-likeness (QED) is 0.532. The minimum atomic E-state index is 0.0942. The van der Waals surface area contributed by atoms with E-state index >= 15 is 0 Å².